The van der Waals surface area contributed by atoms with Gasteiger partial charge in [0.1, 0.15) is 6.10 Å². The van der Waals surface area contributed by atoms with E-state index in [0.29, 0.717) is 18.0 Å². The third-order valence-electron chi connectivity index (χ3n) is 3.46. The number of thiophene rings is 1. The number of carbonyl (C=O) groups excluding carboxylic acids is 1. The summed E-state index contributed by atoms with van der Waals surface area (Å²) in [5, 5.41) is 4.05. The zero-order valence-electron chi connectivity index (χ0n) is 12.0. The number of benzene rings is 1. The molecule has 0 unspecified atom stereocenters. The van der Waals surface area contributed by atoms with Gasteiger partial charge in [0, 0.05) is 13.6 Å². The maximum absolute atomic E-state index is 12.6. The predicted molar refractivity (Wildman–Crippen MR) is 81.7 cm³/mol. The topological polar surface area (TPSA) is 38.8 Å². The Kier molecular flexibility index (Phi) is 3.84. The summed E-state index contributed by atoms with van der Waals surface area (Å²) in [7, 11) is 1.79. The zero-order chi connectivity index (χ0) is 14.8. The second kappa shape index (κ2) is 5.77. The summed E-state index contributed by atoms with van der Waals surface area (Å²) in [6.07, 6.45) is -0.916. The van der Waals surface area contributed by atoms with E-state index in [1.165, 1.54) is 0 Å². The van der Waals surface area contributed by atoms with Crippen molar-refractivity contribution in [2.24, 2.45) is 0 Å². The van der Waals surface area contributed by atoms with Crippen molar-refractivity contribution in [1.29, 1.82) is 0 Å². The molecule has 2 atom stereocenters. The average Bonchev–Trinajstić information content (AvgIpc) is 2.98. The Morgan fingerprint density at radius 3 is 2.62 bits per heavy atom. The van der Waals surface area contributed by atoms with Crippen LogP contribution in [0.4, 0.5) is 0 Å². The molecular weight excluding hydrogens is 286 g/mol. The van der Waals surface area contributed by atoms with Crippen LogP contribution in [0.5, 0.6) is 11.5 Å². The van der Waals surface area contributed by atoms with Gasteiger partial charge in [0.2, 0.25) is 6.10 Å². The van der Waals surface area contributed by atoms with Crippen LogP contribution < -0.4 is 9.47 Å². The summed E-state index contributed by atoms with van der Waals surface area (Å²) >= 11 is 1.63. The predicted octanol–water partition coefficient (Wildman–Crippen LogP) is 2.94. The molecule has 1 aliphatic heterocycles. The Morgan fingerprint density at radius 2 is 1.95 bits per heavy atom. The molecule has 1 aromatic carbocycles. The first-order valence-corrected chi connectivity index (χ1v) is 7.78. The highest BCUT2D eigenvalue weighted by Crippen LogP contribution is 2.33. The van der Waals surface area contributed by atoms with Gasteiger partial charge in [-0.1, -0.05) is 12.1 Å². The van der Waals surface area contributed by atoms with Gasteiger partial charge in [0.05, 0.1) is 0 Å². The van der Waals surface area contributed by atoms with E-state index in [2.05, 4.69) is 0 Å². The highest BCUT2D eigenvalue weighted by atomic mass is 32.1. The molecule has 1 aromatic heterocycles. The van der Waals surface area contributed by atoms with Crippen LogP contribution in [0.2, 0.25) is 0 Å². The highest BCUT2D eigenvalue weighted by Gasteiger charge is 2.35. The van der Waals surface area contributed by atoms with E-state index >= 15 is 0 Å². The monoisotopic (exact) mass is 303 g/mol. The quantitative estimate of drug-likeness (QED) is 0.875. The van der Waals surface area contributed by atoms with Gasteiger partial charge in [0.25, 0.3) is 5.91 Å². The smallest absolute Gasteiger partial charge is 0.267 e. The van der Waals surface area contributed by atoms with Gasteiger partial charge in [-0.3, -0.25) is 4.79 Å². The lowest BCUT2D eigenvalue weighted by atomic mass is 10.1. The number of ether oxygens (including phenoxy) is 2. The van der Waals surface area contributed by atoms with E-state index in [9.17, 15) is 4.79 Å². The molecule has 0 bridgehead atoms. The third kappa shape index (κ3) is 2.88. The standard InChI is InChI=1S/C16H17NO3S/c1-11-15(20-14-6-4-3-5-13(14)19-11)16(18)17(2)9-12-7-8-21-10-12/h3-8,10-11,15H,9H2,1-2H3/t11-,15+/m1/s1. The number of hydrogen-bond donors (Lipinski definition) is 0. The molecule has 21 heavy (non-hydrogen) atoms. The van der Waals surface area contributed by atoms with Gasteiger partial charge in [-0.05, 0) is 41.4 Å². The van der Waals surface area contributed by atoms with Crippen molar-refractivity contribution in [2.75, 3.05) is 7.05 Å². The lowest BCUT2D eigenvalue weighted by molar-refractivity contribution is -0.143. The molecule has 5 heteroatoms. The fourth-order valence-electron chi connectivity index (χ4n) is 2.34. The van der Waals surface area contributed by atoms with Crippen LogP contribution >= 0.6 is 11.3 Å². The molecule has 0 spiro atoms. The molecule has 2 aromatic rings. The van der Waals surface area contributed by atoms with Crippen molar-refractivity contribution >= 4 is 17.2 Å². The molecule has 1 aliphatic rings. The molecule has 2 heterocycles. The van der Waals surface area contributed by atoms with E-state index in [0.717, 1.165) is 5.56 Å². The number of fused-ring (bicyclic) bond motifs is 1. The molecular formula is C16H17NO3S. The van der Waals surface area contributed by atoms with Crippen molar-refractivity contribution in [2.45, 2.75) is 25.7 Å². The minimum absolute atomic E-state index is 0.0665. The maximum atomic E-state index is 12.6. The van der Waals surface area contributed by atoms with Gasteiger partial charge in [0.15, 0.2) is 11.5 Å². The number of rotatable bonds is 3. The molecule has 0 saturated heterocycles. The molecule has 0 saturated carbocycles. The van der Waals surface area contributed by atoms with Crippen LogP contribution in [0, 0.1) is 0 Å². The van der Waals surface area contributed by atoms with E-state index < -0.39 is 6.10 Å². The minimum Gasteiger partial charge on any atom is -0.482 e. The number of likely N-dealkylation sites (N-methyl/N-ethyl adjacent to an activating group) is 1. The summed E-state index contributed by atoms with van der Waals surface area (Å²) in [4.78, 5) is 14.2. The summed E-state index contributed by atoms with van der Waals surface area (Å²) in [6.45, 7) is 2.44. The van der Waals surface area contributed by atoms with Crippen LogP contribution in [0.15, 0.2) is 41.1 Å². The number of amides is 1. The molecule has 3 rings (SSSR count). The van der Waals surface area contributed by atoms with Crippen molar-refractivity contribution < 1.29 is 14.3 Å². The molecule has 110 valence electrons. The number of para-hydroxylation sites is 2. The first kappa shape index (κ1) is 13.9. The second-order valence-corrected chi connectivity index (χ2v) is 5.91. The maximum Gasteiger partial charge on any atom is 0.267 e. The van der Waals surface area contributed by atoms with Crippen molar-refractivity contribution in [3.63, 3.8) is 0 Å². The Labute approximate surface area is 127 Å². The summed E-state index contributed by atoms with van der Waals surface area (Å²) in [6, 6.07) is 9.45. The van der Waals surface area contributed by atoms with Gasteiger partial charge in [-0.25, -0.2) is 0 Å². The van der Waals surface area contributed by atoms with Crippen LogP contribution in [0.25, 0.3) is 0 Å². The van der Waals surface area contributed by atoms with E-state index in [4.69, 9.17) is 9.47 Å². The Bertz CT molecular complexity index is 626. The third-order valence-corrected chi connectivity index (χ3v) is 4.19. The van der Waals surface area contributed by atoms with Crippen molar-refractivity contribution in [3.8, 4) is 11.5 Å². The van der Waals surface area contributed by atoms with Crippen LogP contribution in [0.1, 0.15) is 12.5 Å². The zero-order valence-corrected chi connectivity index (χ0v) is 12.8. The normalized spacial score (nSPS) is 20.1. The number of hydrogen-bond acceptors (Lipinski definition) is 4. The molecule has 0 radical (unpaired) electrons. The van der Waals surface area contributed by atoms with Gasteiger partial charge in [-0.2, -0.15) is 11.3 Å². The largest absolute Gasteiger partial charge is 0.482 e. The molecule has 4 nitrogen and oxygen atoms in total. The second-order valence-electron chi connectivity index (χ2n) is 5.13. The Hall–Kier alpha value is -2.01. The average molecular weight is 303 g/mol. The van der Waals surface area contributed by atoms with Crippen molar-refractivity contribution in [3.05, 3.63) is 46.7 Å². The fraction of sp³-hybridized carbons (Fsp3) is 0.312. The summed E-state index contributed by atoms with van der Waals surface area (Å²) < 4.78 is 11.6. The minimum atomic E-state index is -0.608. The van der Waals surface area contributed by atoms with E-state index in [1.54, 1.807) is 23.3 Å². The number of nitrogens with zero attached hydrogens (tertiary/aromatic N) is 1. The Morgan fingerprint density at radius 1 is 1.24 bits per heavy atom. The first-order chi connectivity index (χ1) is 10.1. The van der Waals surface area contributed by atoms with Crippen LogP contribution in [-0.2, 0) is 11.3 Å². The van der Waals surface area contributed by atoms with E-state index in [1.807, 2.05) is 48.0 Å². The van der Waals surface area contributed by atoms with Crippen LogP contribution in [-0.4, -0.2) is 30.1 Å². The molecule has 0 aliphatic carbocycles. The summed E-state index contributed by atoms with van der Waals surface area (Å²) in [5.41, 5.74) is 1.13. The molecule has 1 amide bonds. The van der Waals surface area contributed by atoms with Gasteiger partial charge in [-0.15, -0.1) is 0 Å². The van der Waals surface area contributed by atoms with Gasteiger partial charge < -0.3 is 14.4 Å². The lowest BCUT2D eigenvalue weighted by Gasteiger charge is -2.33. The lowest BCUT2D eigenvalue weighted by Crippen LogP contribution is -2.49. The highest BCUT2D eigenvalue weighted by molar-refractivity contribution is 7.07. The first-order valence-electron chi connectivity index (χ1n) is 6.83. The van der Waals surface area contributed by atoms with Crippen LogP contribution in [0.3, 0.4) is 0 Å². The molecule has 0 fully saturated rings. The molecule has 0 N–H and O–H groups in total. The van der Waals surface area contributed by atoms with E-state index in [-0.39, 0.29) is 12.0 Å². The van der Waals surface area contributed by atoms with Crippen molar-refractivity contribution in [1.82, 2.24) is 4.90 Å². The number of carbonyl (C=O) groups is 1. The Balaban J connectivity index is 1.73. The SMILES string of the molecule is C[C@H]1Oc2ccccc2O[C@@H]1C(=O)N(C)Cc1ccsc1. The summed E-state index contributed by atoms with van der Waals surface area (Å²) in [5.74, 6) is 1.25. The fourth-order valence-corrected chi connectivity index (χ4v) is 3.00. The van der Waals surface area contributed by atoms with Gasteiger partial charge >= 0.3 is 0 Å².